The van der Waals surface area contributed by atoms with E-state index in [2.05, 4.69) is 10.3 Å². The highest BCUT2D eigenvalue weighted by Crippen LogP contribution is 2.14. The third-order valence-corrected chi connectivity index (χ3v) is 2.27. The maximum Gasteiger partial charge on any atom is 0.245 e. The second kappa shape index (κ2) is 5.45. The van der Waals surface area contributed by atoms with E-state index in [4.69, 9.17) is 9.15 Å². The van der Waals surface area contributed by atoms with Gasteiger partial charge in [0.1, 0.15) is 12.1 Å². The minimum atomic E-state index is -0.136. The standard InChI is InChI=1S/C12H14N2O3/c1-16-8-11(15)13-7-6-12-14-9-4-2-3-5-10(9)17-12/h2-5H,6-8H2,1H3,(H,13,15). The van der Waals surface area contributed by atoms with Gasteiger partial charge in [-0.1, -0.05) is 12.1 Å². The van der Waals surface area contributed by atoms with Crippen LogP contribution in [0.5, 0.6) is 0 Å². The fourth-order valence-corrected chi connectivity index (χ4v) is 1.52. The molecule has 1 heterocycles. The smallest absolute Gasteiger partial charge is 0.245 e. The molecule has 0 aliphatic rings. The number of nitrogens with one attached hydrogen (secondary N) is 1. The lowest BCUT2D eigenvalue weighted by Crippen LogP contribution is -2.29. The van der Waals surface area contributed by atoms with E-state index in [9.17, 15) is 4.79 Å². The van der Waals surface area contributed by atoms with Crippen molar-refractivity contribution < 1.29 is 13.9 Å². The maximum absolute atomic E-state index is 11.1. The minimum absolute atomic E-state index is 0.0769. The number of hydrogen-bond donors (Lipinski definition) is 1. The van der Waals surface area contributed by atoms with Gasteiger partial charge in [-0.15, -0.1) is 0 Å². The van der Waals surface area contributed by atoms with E-state index in [0.29, 0.717) is 18.9 Å². The van der Waals surface area contributed by atoms with E-state index in [1.165, 1.54) is 7.11 Å². The maximum atomic E-state index is 11.1. The third kappa shape index (κ3) is 3.04. The Morgan fingerprint density at radius 2 is 2.29 bits per heavy atom. The first-order valence-corrected chi connectivity index (χ1v) is 5.39. The van der Waals surface area contributed by atoms with Crippen molar-refractivity contribution in [1.82, 2.24) is 10.3 Å². The average molecular weight is 234 g/mol. The molecule has 0 fully saturated rings. The van der Waals surface area contributed by atoms with Gasteiger partial charge in [0.2, 0.25) is 5.91 Å². The highest BCUT2D eigenvalue weighted by molar-refractivity contribution is 5.77. The Morgan fingerprint density at radius 1 is 1.47 bits per heavy atom. The predicted octanol–water partition coefficient (Wildman–Crippen LogP) is 1.13. The van der Waals surface area contributed by atoms with Gasteiger partial charge in [-0.3, -0.25) is 4.79 Å². The van der Waals surface area contributed by atoms with Crippen molar-refractivity contribution in [2.24, 2.45) is 0 Å². The molecule has 2 aromatic rings. The Balaban J connectivity index is 1.89. The molecule has 1 aromatic carbocycles. The van der Waals surface area contributed by atoms with E-state index in [0.717, 1.165) is 11.1 Å². The van der Waals surface area contributed by atoms with Gasteiger partial charge in [-0.05, 0) is 12.1 Å². The first kappa shape index (κ1) is 11.6. The number of fused-ring (bicyclic) bond motifs is 1. The van der Waals surface area contributed by atoms with E-state index < -0.39 is 0 Å². The van der Waals surface area contributed by atoms with Crippen LogP contribution in [0.15, 0.2) is 28.7 Å². The van der Waals surface area contributed by atoms with Crippen LogP contribution in [0.1, 0.15) is 5.89 Å². The second-order valence-corrected chi connectivity index (χ2v) is 3.61. The van der Waals surface area contributed by atoms with Crippen molar-refractivity contribution in [2.75, 3.05) is 20.3 Å². The van der Waals surface area contributed by atoms with Gasteiger partial charge in [0, 0.05) is 20.1 Å². The summed E-state index contributed by atoms with van der Waals surface area (Å²) in [5, 5.41) is 2.71. The zero-order valence-electron chi connectivity index (χ0n) is 9.60. The normalized spacial score (nSPS) is 10.6. The quantitative estimate of drug-likeness (QED) is 0.842. The van der Waals surface area contributed by atoms with Crippen molar-refractivity contribution in [3.63, 3.8) is 0 Å². The largest absolute Gasteiger partial charge is 0.441 e. The van der Waals surface area contributed by atoms with Crippen molar-refractivity contribution in [3.8, 4) is 0 Å². The molecule has 17 heavy (non-hydrogen) atoms. The number of methoxy groups -OCH3 is 1. The van der Waals surface area contributed by atoms with Gasteiger partial charge in [0.15, 0.2) is 11.5 Å². The second-order valence-electron chi connectivity index (χ2n) is 3.61. The average Bonchev–Trinajstić information content (AvgIpc) is 2.71. The molecule has 5 heteroatoms. The summed E-state index contributed by atoms with van der Waals surface area (Å²) in [5.41, 5.74) is 1.61. The molecule has 5 nitrogen and oxygen atoms in total. The molecule has 2 rings (SSSR count). The number of benzene rings is 1. The number of rotatable bonds is 5. The Bertz CT molecular complexity index is 474. The summed E-state index contributed by atoms with van der Waals surface area (Å²) in [6.45, 7) is 0.572. The first-order valence-electron chi connectivity index (χ1n) is 5.39. The molecule has 0 unspecified atom stereocenters. The zero-order valence-corrected chi connectivity index (χ0v) is 9.60. The Kier molecular flexibility index (Phi) is 3.72. The van der Waals surface area contributed by atoms with Crippen molar-refractivity contribution in [3.05, 3.63) is 30.2 Å². The Hall–Kier alpha value is -1.88. The number of nitrogens with zero attached hydrogens (tertiary/aromatic N) is 1. The number of ether oxygens (including phenoxy) is 1. The molecule has 0 saturated carbocycles. The molecule has 0 spiro atoms. The number of oxazole rings is 1. The van der Waals surface area contributed by atoms with Crippen LogP contribution in [-0.4, -0.2) is 31.2 Å². The lowest BCUT2D eigenvalue weighted by atomic mass is 10.3. The summed E-state index contributed by atoms with van der Waals surface area (Å²) in [6, 6.07) is 7.58. The van der Waals surface area contributed by atoms with Crippen molar-refractivity contribution >= 4 is 17.0 Å². The molecule has 1 N–H and O–H groups in total. The van der Waals surface area contributed by atoms with Gasteiger partial charge in [0.25, 0.3) is 0 Å². The summed E-state index contributed by atoms with van der Waals surface area (Å²) in [4.78, 5) is 15.4. The van der Waals surface area contributed by atoms with Gasteiger partial charge in [-0.2, -0.15) is 0 Å². The van der Waals surface area contributed by atoms with Crippen LogP contribution in [0.2, 0.25) is 0 Å². The highest BCUT2D eigenvalue weighted by atomic mass is 16.5. The Labute approximate surface area is 98.8 Å². The number of amides is 1. The van der Waals surface area contributed by atoms with E-state index in [1.54, 1.807) is 0 Å². The first-order chi connectivity index (χ1) is 8.29. The van der Waals surface area contributed by atoms with Crippen LogP contribution in [-0.2, 0) is 16.0 Å². The fraction of sp³-hybridized carbons (Fsp3) is 0.333. The van der Waals surface area contributed by atoms with Gasteiger partial charge < -0.3 is 14.5 Å². The number of aromatic nitrogens is 1. The van der Waals surface area contributed by atoms with Crippen LogP contribution < -0.4 is 5.32 Å². The molecular formula is C12H14N2O3. The molecule has 0 aliphatic carbocycles. The summed E-state index contributed by atoms with van der Waals surface area (Å²) < 4.78 is 10.2. The zero-order chi connectivity index (χ0) is 12.1. The fourth-order valence-electron chi connectivity index (χ4n) is 1.52. The molecule has 1 aromatic heterocycles. The lowest BCUT2D eigenvalue weighted by Gasteiger charge is -2.01. The van der Waals surface area contributed by atoms with Crippen LogP contribution >= 0.6 is 0 Å². The van der Waals surface area contributed by atoms with Gasteiger partial charge in [-0.25, -0.2) is 4.98 Å². The van der Waals surface area contributed by atoms with Gasteiger partial charge in [0.05, 0.1) is 0 Å². The summed E-state index contributed by atoms with van der Waals surface area (Å²) in [6.07, 6.45) is 0.574. The summed E-state index contributed by atoms with van der Waals surface area (Å²) in [5.74, 6) is 0.493. The molecule has 0 saturated heterocycles. The highest BCUT2D eigenvalue weighted by Gasteiger charge is 2.05. The molecule has 0 atom stereocenters. The molecule has 90 valence electrons. The number of carbonyl (C=O) groups excluding carboxylic acids is 1. The topological polar surface area (TPSA) is 64.4 Å². The molecule has 0 bridgehead atoms. The van der Waals surface area contributed by atoms with E-state index in [1.807, 2.05) is 24.3 Å². The predicted molar refractivity (Wildman–Crippen MR) is 62.6 cm³/mol. The monoisotopic (exact) mass is 234 g/mol. The van der Waals surface area contributed by atoms with Crippen molar-refractivity contribution in [2.45, 2.75) is 6.42 Å². The van der Waals surface area contributed by atoms with Crippen LogP contribution in [0.3, 0.4) is 0 Å². The number of carbonyl (C=O) groups is 1. The molecule has 0 radical (unpaired) electrons. The molecule has 0 aliphatic heterocycles. The van der Waals surface area contributed by atoms with E-state index in [-0.39, 0.29) is 12.5 Å². The summed E-state index contributed by atoms with van der Waals surface area (Å²) >= 11 is 0. The minimum Gasteiger partial charge on any atom is -0.441 e. The number of para-hydroxylation sites is 2. The SMILES string of the molecule is COCC(=O)NCCc1nc2ccccc2o1. The van der Waals surface area contributed by atoms with Crippen molar-refractivity contribution in [1.29, 1.82) is 0 Å². The number of hydrogen-bond acceptors (Lipinski definition) is 4. The van der Waals surface area contributed by atoms with Crippen LogP contribution in [0.4, 0.5) is 0 Å². The molecule has 1 amide bonds. The van der Waals surface area contributed by atoms with Crippen LogP contribution in [0.25, 0.3) is 11.1 Å². The Morgan fingerprint density at radius 3 is 3.06 bits per heavy atom. The summed E-state index contributed by atoms with van der Waals surface area (Å²) in [7, 11) is 1.49. The lowest BCUT2D eigenvalue weighted by molar-refractivity contribution is -0.124. The van der Waals surface area contributed by atoms with Crippen LogP contribution in [0, 0.1) is 0 Å². The molecular weight excluding hydrogens is 220 g/mol. The van der Waals surface area contributed by atoms with E-state index >= 15 is 0 Å². The van der Waals surface area contributed by atoms with Gasteiger partial charge >= 0.3 is 0 Å². The third-order valence-electron chi connectivity index (χ3n) is 2.27.